The van der Waals surface area contributed by atoms with E-state index in [4.69, 9.17) is 0 Å². The van der Waals surface area contributed by atoms with Crippen LogP contribution in [0.4, 0.5) is 0 Å². The minimum Gasteiger partial charge on any atom is -0.386 e. The van der Waals surface area contributed by atoms with Crippen LogP contribution in [0.5, 0.6) is 0 Å². The number of amides is 1. The monoisotopic (exact) mass is 342 g/mol. The second kappa shape index (κ2) is 8.24. The molecular formula is C19H22N2O2S. The fourth-order valence-electron chi connectivity index (χ4n) is 2.80. The molecule has 126 valence electrons. The van der Waals surface area contributed by atoms with Crippen molar-refractivity contribution in [1.82, 2.24) is 9.80 Å². The standard InChI is InChI=1S/C19H22N2O2S/c22-17(18-7-4-14-24-18)15-20-10-12-21(13-11-20)19(23)9-8-16-5-2-1-3-6-16/h1-9,14,17,22H,10-13,15H2/b9-8+. The van der Waals surface area contributed by atoms with Crippen LogP contribution in [0.1, 0.15) is 16.5 Å². The zero-order valence-electron chi connectivity index (χ0n) is 13.5. The van der Waals surface area contributed by atoms with Gasteiger partial charge in [-0.05, 0) is 23.1 Å². The van der Waals surface area contributed by atoms with Crippen molar-refractivity contribution >= 4 is 23.3 Å². The lowest BCUT2D eigenvalue weighted by molar-refractivity contribution is -0.127. The van der Waals surface area contributed by atoms with Gasteiger partial charge in [0.2, 0.25) is 5.91 Å². The van der Waals surface area contributed by atoms with Gasteiger partial charge in [-0.1, -0.05) is 36.4 Å². The largest absolute Gasteiger partial charge is 0.386 e. The number of piperazine rings is 1. The van der Waals surface area contributed by atoms with Crippen LogP contribution in [0, 0.1) is 0 Å². The highest BCUT2D eigenvalue weighted by Gasteiger charge is 2.22. The molecule has 1 unspecified atom stereocenters. The number of hydrogen-bond donors (Lipinski definition) is 1. The van der Waals surface area contributed by atoms with Crippen molar-refractivity contribution in [3.63, 3.8) is 0 Å². The van der Waals surface area contributed by atoms with Gasteiger partial charge in [-0.25, -0.2) is 0 Å². The first-order chi connectivity index (χ1) is 11.7. The molecule has 1 aromatic carbocycles. The Hall–Kier alpha value is -1.95. The summed E-state index contributed by atoms with van der Waals surface area (Å²) in [6, 6.07) is 13.8. The van der Waals surface area contributed by atoms with Gasteiger partial charge < -0.3 is 10.0 Å². The Labute approximate surface area is 146 Å². The number of rotatable bonds is 5. The van der Waals surface area contributed by atoms with Gasteiger partial charge in [-0.3, -0.25) is 9.69 Å². The van der Waals surface area contributed by atoms with Gasteiger partial charge in [-0.15, -0.1) is 11.3 Å². The fourth-order valence-corrected chi connectivity index (χ4v) is 3.51. The van der Waals surface area contributed by atoms with Crippen LogP contribution < -0.4 is 0 Å². The number of carbonyl (C=O) groups is 1. The van der Waals surface area contributed by atoms with E-state index in [9.17, 15) is 9.90 Å². The summed E-state index contributed by atoms with van der Waals surface area (Å²) >= 11 is 1.58. The third kappa shape index (κ3) is 4.54. The molecule has 24 heavy (non-hydrogen) atoms. The normalized spacial score (nSPS) is 17.3. The zero-order valence-corrected chi connectivity index (χ0v) is 14.4. The van der Waals surface area contributed by atoms with E-state index >= 15 is 0 Å². The molecule has 0 bridgehead atoms. The van der Waals surface area contributed by atoms with E-state index in [2.05, 4.69) is 4.90 Å². The molecule has 1 aromatic heterocycles. The number of aliphatic hydroxyl groups excluding tert-OH is 1. The third-order valence-corrected chi connectivity index (χ3v) is 5.18. The van der Waals surface area contributed by atoms with Gasteiger partial charge in [-0.2, -0.15) is 0 Å². The minimum absolute atomic E-state index is 0.0531. The first-order valence-corrected chi connectivity index (χ1v) is 9.06. The Morgan fingerprint density at radius 1 is 1.12 bits per heavy atom. The lowest BCUT2D eigenvalue weighted by Crippen LogP contribution is -2.49. The van der Waals surface area contributed by atoms with E-state index in [0.29, 0.717) is 19.6 Å². The van der Waals surface area contributed by atoms with Crippen molar-refractivity contribution in [2.75, 3.05) is 32.7 Å². The Morgan fingerprint density at radius 3 is 2.54 bits per heavy atom. The predicted octanol–water partition coefficient (Wildman–Crippen LogP) is 2.64. The van der Waals surface area contributed by atoms with Gasteiger partial charge in [0.1, 0.15) is 6.10 Å². The topological polar surface area (TPSA) is 43.8 Å². The van der Waals surface area contributed by atoms with Crippen molar-refractivity contribution in [3.05, 3.63) is 64.4 Å². The maximum atomic E-state index is 12.3. The van der Waals surface area contributed by atoms with Crippen LogP contribution in [0.25, 0.3) is 6.08 Å². The molecule has 0 spiro atoms. The molecule has 2 heterocycles. The van der Waals surface area contributed by atoms with Crippen molar-refractivity contribution in [2.24, 2.45) is 0 Å². The van der Waals surface area contributed by atoms with Crippen LogP contribution in [0.2, 0.25) is 0 Å². The second-order valence-corrected chi connectivity index (χ2v) is 6.88. The van der Waals surface area contributed by atoms with Gasteiger partial charge >= 0.3 is 0 Å². The first kappa shape index (κ1) is 16.9. The molecule has 1 N–H and O–H groups in total. The van der Waals surface area contributed by atoms with E-state index in [-0.39, 0.29) is 5.91 Å². The Bertz CT molecular complexity index is 662. The number of thiophene rings is 1. The highest BCUT2D eigenvalue weighted by Crippen LogP contribution is 2.20. The molecule has 4 nitrogen and oxygen atoms in total. The lowest BCUT2D eigenvalue weighted by Gasteiger charge is -2.35. The molecule has 0 aliphatic carbocycles. The first-order valence-electron chi connectivity index (χ1n) is 8.18. The molecule has 2 aromatic rings. The SMILES string of the molecule is O=C(/C=C/c1ccccc1)N1CCN(CC(O)c2cccs2)CC1. The molecule has 3 rings (SSSR count). The fraction of sp³-hybridized carbons (Fsp3) is 0.316. The van der Waals surface area contributed by atoms with Crippen LogP contribution in [-0.4, -0.2) is 53.5 Å². The molecule has 1 amide bonds. The highest BCUT2D eigenvalue weighted by atomic mass is 32.1. The molecule has 1 aliphatic heterocycles. The Kier molecular flexibility index (Phi) is 5.80. The highest BCUT2D eigenvalue weighted by molar-refractivity contribution is 7.10. The maximum Gasteiger partial charge on any atom is 0.246 e. The maximum absolute atomic E-state index is 12.3. The van der Waals surface area contributed by atoms with E-state index in [1.54, 1.807) is 17.4 Å². The summed E-state index contributed by atoms with van der Waals surface area (Å²) in [5.41, 5.74) is 1.03. The molecule has 1 fully saturated rings. The quantitative estimate of drug-likeness (QED) is 0.850. The molecular weight excluding hydrogens is 320 g/mol. The molecule has 0 saturated carbocycles. The van der Waals surface area contributed by atoms with Crippen LogP contribution in [0.3, 0.4) is 0 Å². The van der Waals surface area contributed by atoms with Gasteiger partial charge in [0.25, 0.3) is 0 Å². The average Bonchev–Trinajstić information content (AvgIpc) is 3.16. The van der Waals surface area contributed by atoms with E-state index < -0.39 is 6.10 Å². The van der Waals surface area contributed by atoms with Crippen molar-refractivity contribution in [3.8, 4) is 0 Å². The smallest absolute Gasteiger partial charge is 0.246 e. The van der Waals surface area contributed by atoms with Crippen molar-refractivity contribution in [2.45, 2.75) is 6.10 Å². The second-order valence-electron chi connectivity index (χ2n) is 5.90. The summed E-state index contributed by atoms with van der Waals surface area (Å²) in [6.07, 6.45) is 3.06. The molecule has 0 radical (unpaired) electrons. The van der Waals surface area contributed by atoms with Crippen LogP contribution in [-0.2, 0) is 4.79 Å². The van der Waals surface area contributed by atoms with Crippen LogP contribution in [0.15, 0.2) is 53.9 Å². The summed E-state index contributed by atoms with van der Waals surface area (Å²) in [6.45, 7) is 3.63. The van der Waals surface area contributed by atoms with Gasteiger partial charge in [0, 0.05) is 43.7 Å². The Balaban J connectivity index is 1.46. The van der Waals surface area contributed by atoms with E-state index in [1.807, 2.05) is 58.8 Å². The molecule has 1 aliphatic rings. The summed E-state index contributed by atoms with van der Waals surface area (Å²) in [5.74, 6) is 0.0531. The lowest BCUT2D eigenvalue weighted by atomic mass is 10.2. The number of carbonyl (C=O) groups excluding carboxylic acids is 1. The number of aliphatic hydroxyl groups is 1. The van der Waals surface area contributed by atoms with Gasteiger partial charge in [0.15, 0.2) is 0 Å². The zero-order chi connectivity index (χ0) is 16.8. The minimum atomic E-state index is -0.440. The average molecular weight is 342 g/mol. The van der Waals surface area contributed by atoms with Crippen molar-refractivity contribution in [1.29, 1.82) is 0 Å². The molecule has 1 atom stereocenters. The molecule has 1 saturated heterocycles. The van der Waals surface area contributed by atoms with E-state index in [1.165, 1.54) is 0 Å². The summed E-state index contributed by atoms with van der Waals surface area (Å²) in [7, 11) is 0. The summed E-state index contributed by atoms with van der Waals surface area (Å²) in [4.78, 5) is 17.3. The van der Waals surface area contributed by atoms with Gasteiger partial charge in [0.05, 0.1) is 0 Å². The number of benzene rings is 1. The summed E-state index contributed by atoms with van der Waals surface area (Å²) < 4.78 is 0. The number of hydrogen-bond acceptors (Lipinski definition) is 4. The predicted molar refractivity (Wildman–Crippen MR) is 97.8 cm³/mol. The third-order valence-electron chi connectivity index (χ3n) is 4.20. The number of nitrogens with zero attached hydrogens (tertiary/aromatic N) is 2. The van der Waals surface area contributed by atoms with Crippen LogP contribution >= 0.6 is 11.3 Å². The summed E-state index contributed by atoms with van der Waals surface area (Å²) in [5, 5.41) is 12.2. The Morgan fingerprint density at radius 2 is 1.88 bits per heavy atom. The van der Waals surface area contributed by atoms with E-state index in [0.717, 1.165) is 23.5 Å². The van der Waals surface area contributed by atoms with Crippen molar-refractivity contribution < 1.29 is 9.90 Å². The molecule has 5 heteroatoms. The number of β-amino-alcohol motifs (C(OH)–C–C–N with tert-alkyl or cyclic N) is 1.